The number of carboxylic acids is 1. The van der Waals surface area contributed by atoms with E-state index in [2.05, 4.69) is 0 Å². The van der Waals surface area contributed by atoms with Crippen LogP contribution in [-0.4, -0.2) is 23.6 Å². The lowest BCUT2D eigenvalue weighted by Crippen LogP contribution is -2.34. The Kier molecular flexibility index (Phi) is 3.99. The molecule has 1 atom stereocenters. The minimum atomic E-state index is -2.92. The van der Waals surface area contributed by atoms with Gasteiger partial charge in [0.15, 0.2) is 6.10 Å². The van der Waals surface area contributed by atoms with Gasteiger partial charge in [0, 0.05) is 10.6 Å². The van der Waals surface area contributed by atoms with Crippen LogP contribution in [-0.2, 0) is 4.79 Å². The van der Waals surface area contributed by atoms with Crippen LogP contribution in [0.5, 0.6) is 5.75 Å². The molecule has 2 rings (SSSR count). The molecule has 20 heavy (non-hydrogen) atoms. The van der Waals surface area contributed by atoms with E-state index < -0.39 is 24.1 Å². The molecule has 6 heteroatoms. The predicted molar refractivity (Wildman–Crippen MR) is 71.6 cm³/mol. The molecule has 1 N–H and O–H groups in total. The van der Waals surface area contributed by atoms with Crippen molar-refractivity contribution in [2.75, 3.05) is 0 Å². The van der Waals surface area contributed by atoms with E-state index in [-0.39, 0.29) is 11.7 Å². The SMILES string of the molecule is CC(C)c1cc(Cl)cc2c1OC(C(F)F)C(C(=O)O)=C2. The summed E-state index contributed by atoms with van der Waals surface area (Å²) < 4.78 is 31.2. The van der Waals surface area contributed by atoms with E-state index in [9.17, 15) is 13.6 Å². The number of carboxylic acid groups (broad SMARTS) is 1. The number of alkyl halides is 2. The van der Waals surface area contributed by atoms with Crippen LogP contribution in [0.3, 0.4) is 0 Å². The van der Waals surface area contributed by atoms with Gasteiger partial charge in [-0.25, -0.2) is 13.6 Å². The molecule has 0 amide bonds. The maximum atomic E-state index is 13.0. The zero-order valence-electron chi connectivity index (χ0n) is 10.9. The van der Waals surface area contributed by atoms with E-state index in [0.717, 1.165) is 0 Å². The number of hydrogen-bond acceptors (Lipinski definition) is 2. The average Bonchev–Trinajstić information content (AvgIpc) is 2.35. The molecule has 1 heterocycles. The van der Waals surface area contributed by atoms with Crippen molar-refractivity contribution in [3.8, 4) is 5.75 Å². The van der Waals surface area contributed by atoms with Crippen molar-refractivity contribution in [3.63, 3.8) is 0 Å². The lowest BCUT2D eigenvalue weighted by atomic mass is 9.94. The van der Waals surface area contributed by atoms with Gasteiger partial charge in [-0.1, -0.05) is 25.4 Å². The fourth-order valence-corrected chi connectivity index (χ4v) is 2.35. The predicted octanol–water partition coefficient (Wildman–Crippen LogP) is 3.96. The second kappa shape index (κ2) is 5.40. The lowest BCUT2D eigenvalue weighted by molar-refractivity contribution is -0.134. The van der Waals surface area contributed by atoms with Gasteiger partial charge in [0.2, 0.25) is 0 Å². The molecule has 1 aromatic carbocycles. The van der Waals surface area contributed by atoms with Gasteiger partial charge in [0.25, 0.3) is 6.43 Å². The quantitative estimate of drug-likeness (QED) is 0.919. The first-order valence-electron chi connectivity index (χ1n) is 6.04. The van der Waals surface area contributed by atoms with Crippen molar-refractivity contribution in [3.05, 3.63) is 33.9 Å². The van der Waals surface area contributed by atoms with Gasteiger partial charge in [-0.3, -0.25) is 0 Å². The molecule has 0 fully saturated rings. The molecule has 3 nitrogen and oxygen atoms in total. The molecular weight excluding hydrogens is 290 g/mol. The summed E-state index contributed by atoms with van der Waals surface area (Å²) in [5, 5.41) is 9.43. The molecule has 108 valence electrons. The zero-order chi connectivity index (χ0) is 15.0. The third-order valence-electron chi connectivity index (χ3n) is 3.07. The van der Waals surface area contributed by atoms with Gasteiger partial charge in [-0.2, -0.15) is 0 Å². The van der Waals surface area contributed by atoms with E-state index in [1.807, 2.05) is 13.8 Å². The van der Waals surface area contributed by atoms with E-state index in [0.29, 0.717) is 16.1 Å². The van der Waals surface area contributed by atoms with Crippen molar-refractivity contribution in [2.45, 2.75) is 32.3 Å². The molecule has 1 unspecified atom stereocenters. The van der Waals surface area contributed by atoms with Gasteiger partial charge < -0.3 is 9.84 Å². The molecule has 0 aliphatic carbocycles. The van der Waals surface area contributed by atoms with Crippen molar-refractivity contribution in [1.82, 2.24) is 0 Å². The molecule has 0 aromatic heterocycles. The minimum absolute atomic E-state index is 0.0144. The highest BCUT2D eigenvalue weighted by atomic mass is 35.5. The summed E-state index contributed by atoms with van der Waals surface area (Å²) in [6, 6.07) is 3.15. The van der Waals surface area contributed by atoms with Crippen LogP contribution < -0.4 is 4.74 Å². The second-order valence-corrected chi connectivity index (χ2v) is 5.28. The van der Waals surface area contributed by atoms with Crippen molar-refractivity contribution in [2.24, 2.45) is 0 Å². The number of hydrogen-bond donors (Lipinski definition) is 1. The molecule has 1 aromatic rings. The largest absolute Gasteiger partial charge is 0.478 e. The van der Waals surface area contributed by atoms with E-state index in [1.54, 1.807) is 6.07 Å². The number of rotatable bonds is 3. The highest BCUT2D eigenvalue weighted by Gasteiger charge is 2.36. The molecule has 0 spiro atoms. The third-order valence-corrected chi connectivity index (χ3v) is 3.29. The maximum absolute atomic E-state index is 13.0. The molecule has 0 saturated heterocycles. The van der Waals surface area contributed by atoms with Gasteiger partial charge in [0.05, 0.1) is 5.57 Å². The van der Waals surface area contributed by atoms with Crippen LogP contribution in [0.15, 0.2) is 17.7 Å². The Labute approximate surface area is 119 Å². The minimum Gasteiger partial charge on any atom is -0.478 e. The van der Waals surface area contributed by atoms with Crippen LogP contribution >= 0.6 is 11.6 Å². The van der Waals surface area contributed by atoms with Crippen LogP contribution in [0.25, 0.3) is 6.08 Å². The number of halogens is 3. The number of ether oxygens (including phenoxy) is 1. The summed E-state index contributed by atoms with van der Waals surface area (Å²) in [4.78, 5) is 11.1. The average molecular weight is 303 g/mol. The highest BCUT2D eigenvalue weighted by molar-refractivity contribution is 6.31. The van der Waals surface area contributed by atoms with Gasteiger partial charge in [-0.15, -0.1) is 0 Å². The fourth-order valence-electron chi connectivity index (χ4n) is 2.12. The molecule has 1 aliphatic rings. The van der Waals surface area contributed by atoms with Crippen LogP contribution in [0.4, 0.5) is 8.78 Å². The van der Waals surface area contributed by atoms with Crippen molar-refractivity contribution >= 4 is 23.6 Å². The molecule has 0 radical (unpaired) electrons. The zero-order valence-corrected chi connectivity index (χ0v) is 11.6. The van der Waals surface area contributed by atoms with Crippen LogP contribution in [0, 0.1) is 0 Å². The number of aliphatic carboxylic acids is 1. The summed E-state index contributed by atoms with van der Waals surface area (Å²) in [6.07, 6.45) is -3.48. The van der Waals surface area contributed by atoms with Crippen molar-refractivity contribution < 1.29 is 23.4 Å². The van der Waals surface area contributed by atoms with E-state index in [1.165, 1.54) is 12.1 Å². The normalized spacial score (nSPS) is 17.8. The fraction of sp³-hybridized carbons (Fsp3) is 0.357. The monoisotopic (exact) mass is 302 g/mol. The molecular formula is C14H13ClF2O3. The Balaban J connectivity index is 2.62. The Morgan fingerprint density at radius 3 is 2.55 bits per heavy atom. The first-order chi connectivity index (χ1) is 9.31. The maximum Gasteiger partial charge on any atom is 0.335 e. The topological polar surface area (TPSA) is 46.5 Å². The standard InChI is InChI=1S/C14H13ClF2O3/c1-6(2)9-5-8(15)3-7-4-10(14(18)19)12(13(16)17)20-11(7)9/h3-6,12-13H,1-2H3,(H,18,19). The number of benzene rings is 1. The first-order valence-corrected chi connectivity index (χ1v) is 6.42. The molecule has 1 aliphatic heterocycles. The van der Waals surface area contributed by atoms with Crippen molar-refractivity contribution in [1.29, 1.82) is 0 Å². The number of fused-ring (bicyclic) bond motifs is 1. The smallest absolute Gasteiger partial charge is 0.335 e. The summed E-state index contributed by atoms with van der Waals surface area (Å²) in [5.41, 5.74) is 0.624. The van der Waals surface area contributed by atoms with Gasteiger partial charge in [-0.05, 0) is 29.7 Å². The Bertz CT molecular complexity index is 582. The molecule has 0 bridgehead atoms. The summed E-state index contributed by atoms with van der Waals surface area (Å²) in [7, 11) is 0. The van der Waals surface area contributed by atoms with Gasteiger partial charge >= 0.3 is 5.97 Å². The Morgan fingerprint density at radius 2 is 2.05 bits per heavy atom. The lowest BCUT2D eigenvalue weighted by Gasteiger charge is -2.27. The Hall–Kier alpha value is -1.62. The number of carbonyl (C=O) groups is 1. The molecule has 0 saturated carbocycles. The van der Waals surface area contributed by atoms with E-state index in [4.69, 9.17) is 21.4 Å². The Morgan fingerprint density at radius 1 is 1.40 bits per heavy atom. The second-order valence-electron chi connectivity index (χ2n) is 4.85. The highest BCUT2D eigenvalue weighted by Crippen LogP contribution is 2.40. The summed E-state index contributed by atoms with van der Waals surface area (Å²) >= 11 is 5.97. The van der Waals surface area contributed by atoms with Gasteiger partial charge in [0.1, 0.15) is 5.75 Å². The van der Waals surface area contributed by atoms with E-state index >= 15 is 0 Å². The van der Waals surface area contributed by atoms with Crippen LogP contribution in [0.2, 0.25) is 5.02 Å². The first kappa shape index (κ1) is 14.8. The third kappa shape index (κ3) is 2.63. The summed E-state index contributed by atoms with van der Waals surface area (Å²) in [5.74, 6) is -1.13. The van der Waals surface area contributed by atoms with Crippen LogP contribution in [0.1, 0.15) is 30.9 Å². The summed E-state index contributed by atoms with van der Waals surface area (Å²) in [6.45, 7) is 3.76.